The van der Waals surface area contributed by atoms with Crippen LogP contribution in [0.5, 0.6) is 11.5 Å². The van der Waals surface area contributed by atoms with Gasteiger partial charge in [0.2, 0.25) is 18.6 Å². The normalized spacial score (nSPS) is 14.5. The molecule has 1 aliphatic rings. The molecule has 0 saturated carbocycles. The summed E-state index contributed by atoms with van der Waals surface area (Å²) in [7, 11) is 0. The zero-order valence-electron chi connectivity index (χ0n) is 25.0. The molecule has 3 atom stereocenters. The number of hydrogen-bond donors (Lipinski definition) is 2. The van der Waals surface area contributed by atoms with Crippen LogP contribution in [0.4, 0.5) is 0 Å². The van der Waals surface area contributed by atoms with E-state index in [0.29, 0.717) is 29.4 Å². The average Bonchev–Trinajstić information content (AvgIpc) is 3.78. The Kier molecular flexibility index (Phi) is 9.02. The number of aliphatic carboxylic acids is 2. The second-order valence-electron chi connectivity index (χ2n) is 11.2. The number of thiophene rings is 1. The first-order chi connectivity index (χ1) is 22.2. The van der Waals surface area contributed by atoms with Crippen LogP contribution in [0.15, 0.2) is 83.3 Å². The molecule has 0 bridgehead atoms. The molecule has 2 unspecified atom stereocenters. The standard InChI is InChI=1S/C35H32N2O8S/c1-21(37(33(38)17-24(35(41)42)18-34(39)40)19-25-15-23-7-2-5-11-31(23)46-25)26(22-13-14-29-30(16-22)44-20-43-29)8-6-12-32-36-27-9-3-4-10-28(27)45-32/h2-7,9-16,21,24,26H,8,17-20H2,1H3,(H,39,40)(H,41,42)/b12-6-/t21?,24-,26?/m1/s1. The summed E-state index contributed by atoms with van der Waals surface area (Å²) in [5.74, 6) is -2.96. The molecule has 6 rings (SSSR count). The number of amides is 1. The number of carbonyl (C=O) groups excluding carboxylic acids is 1. The molecular weight excluding hydrogens is 608 g/mol. The molecule has 1 aliphatic heterocycles. The molecule has 0 fully saturated rings. The van der Waals surface area contributed by atoms with Crippen molar-refractivity contribution >= 4 is 56.4 Å². The highest BCUT2D eigenvalue weighted by Crippen LogP contribution is 2.38. The first-order valence-corrected chi connectivity index (χ1v) is 15.7. The van der Waals surface area contributed by atoms with Gasteiger partial charge in [0.1, 0.15) is 5.52 Å². The maximum Gasteiger partial charge on any atom is 0.307 e. The van der Waals surface area contributed by atoms with Gasteiger partial charge in [-0.05, 0) is 66.8 Å². The number of fused-ring (bicyclic) bond motifs is 3. The van der Waals surface area contributed by atoms with E-state index < -0.39 is 42.6 Å². The van der Waals surface area contributed by atoms with Gasteiger partial charge in [0.15, 0.2) is 17.1 Å². The summed E-state index contributed by atoms with van der Waals surface area (Å²) in [6, 6.07) is 22.7. The van der Waals surface area contributed by atoms with Crippen molar-refractivity contribution in [1.29, 1.82) is 0 Å². The van der Waals surface area contributed by atoms with Crippen LogP contribution in [-0.4, -0.2) is 50.8 Å². The van der Waals surface area contributed by atoms with Gasteiger partial charge in [0, 0.05) is 28.0 Å². The zero-order chi connectivity index (χ0) is 32.2. The van der Waals surface area contributed by atoms with Gasteiger partial charge in [-0.2, -0.15) is 0 Å². The van der Waals surface area contributed by atoms with Crippen molar-refractivity contribution in [3.05, 3.63) is 95.2 Å². The number of hydrogen-bond acceptors (Lipinski definition) is 8. The lowest BCUT2D eigenvalue weighted by Gasteiger charge is -2.35. The summed E-state index contributed by atoms with van der Waals surface area (Å²) < 4.78 is 18.1. The molecule has 0 saturated heterocycles. The highest BCUT2D eigenvalue weighted by Gasteiger charge is 2.33. The third kappa shape index (κ3) is 6.89. The lowest BCUT2D eigenvalue weighted by molar-refractivity contribution is -0.151. The monoisotopic (exact) mass is 640 g/mol. The Morgan fingerprint density at radius 3 is 2.54 bits per heavy atom. The van der Waals surface area contributed by atoms with E-state index in [1.807, 2.05) is 85.8 Å². The number of carbonyl (C=O) groups is 3. The van der Waals surface area contributed by atoms with Crippen LogP contribution in [0, 0.1) is 5.92 Å². The van der Waals surface area contributed by atoms with E-state index in [0.717, 1.165) is 26.0 Å². The summed E-state index contributed by atoms with van der Waals surface area (Å²) in [5.41, 5.74) is 2.32. The third-order valence-corrected chi connectivity index (χ3v) is 9.27. The van der Waals surface area contributed by atoms with Gasteiger partial charge in [-0.15, -0.1) is 11.3 Å². The Morgan fingerprint density at radius 1 is 0.978 bits per heavy atom. The molecule has 0 spiro atoms. The SMILES string of the molecule is CC(C(C/C=C\c1nc2ccccc2o1)c1ccc2c(c1)OCO2)N(Cc1cc2ccccc2s1)C(=O)C[C@H](CC(=O)O)C(=O)O. The first kappa shape index (κ1) is 30.8. The average molecular weight is 641 g/mol. The van der Waals surface area contributed by atoms with Crippen molar-refractivity contribution in [3.63, 3.8) is 0 Å². The second kappa shape index (κ2) is 13.5. The van der Waals surface area contributed by atoms with Gasteiger partial charge >= 0.3 is 11.9 Å². The van der Waals surface area contributed by atoms with Crippen molar-refractivity contribution in [2.24, 2.45) is 5.92 Å². The Morgan fingerprint density at radius 2 is 1.76 bits per heavy atom. The molecule has 0 radical (unpaired) electrons. The third-order valence-electron chi connectivity index (χ3n) is 8.17. The predicted octanol–water partition coefficient (Wildman–Crippen LogP) is 6.94. The van der Waals surface area contributed by atoms with Gasteiger partial charge < -0.3 is 29.0 Å². The van der Waals surface area contributed by atoms with E-state index in [-0.39, 0.29) is 19.3 Å². The van der Waals surface area contributed by atoms with E-state index in [1.165, 1.54) is 0 Å². The lowest BCUT2D eigenvalue weighted by atomic mass is 9.87. The topological polar surface area (TPSA) is 139 Å². The van der Waals surface area contributed by atoms with E-state index >= 15 is 0 Å². The zero-order valence-corrected chi connectivity index (χ0v) is 25.8. The maximum absolute atomic E-state index is 14.0. The van der Waals surface area contributed by atoms with Gasteiger partial charge in [0.25, 0.3) is 0 Å². The fourth-order valence-electron chi connectivity index (χ4n) is 5.78. The highest BCUT2D eigenvalue weighted by molar-refractivity contribution is 7.19. The Bertz CT molecular complexity index is 1860. The number of nitrogens with zero attached hydrogens (tertiary/aromatic N) is 2. The molecule has 10 nitrogen and oxygen atoms in total. The molecule has 0 aliphatic carbocycles. The smallest absolute Gasteiger partial charge is 0.307 e. The number of carboxylic acids is 2. The largest absolute Gasteiger partial charge is 0.481 e. The van der Waals surface area contributed by atoms with Crippen LogP contribution in [0.3, 0.4) is 0 Å². The summed E-state index contributed by atoms with van der Waals surface area (Å²) in [6.45, 7) is 2.28. The van der Waals surface area contributed by atoms with Crippen molar-refractivity contribution in [2.75, 3.05) is 6.79 Å². The summed E-state index contributed by atoms with van der Waals surface area (Å²) in [4.78, 5) is 44.5. The van der Waals surface area contributed by atoms with Crippen LogP contribution in [0.25, 0.3) is 27.3 Å². The first-order valence-electron chi connectivity index (χ1n) is 14.9. The van der Waals surface area contributed by atoms with E-state index in [1.54, 1.807) is 22.3 Å². The maximum atomic E-state index is 14.0. The van der Waals surface area contributed by atoms with Gasteiger partial charge in [0.05, 0.1) is 18.9 Å². The number of oxazole rings is 1. The Hall–Kier alpha value is -5.16. The molecule has 3 aromatic carbocycles. The molecule has 2 aromatic heterocycles. The molecule has 5 aromatic rings. The molecule has 2 N–H and O–H groups in total. The molecule has 11 heteroatoms. The van der Waals surface area contributed by atoms with Crippen LogP contribution in [-0.2, 0) is 20.9 Å². The highest BCUT2D eigenvalue weighted by atomic mass is 32.1. The molecule has 236 valence electrons. The van der Waals surface area contributed by atoms with Gasteiger partial charge in [-0.1, -0.05) is 42.5 Å². The van der Waals surface area contributed by atoms with Crippen molar-refractivity contribution in [2.45, 2.75) is 44.7 Å². The fraction of sp³-hybridized carbons (Fsp3) is 0.257. The number of ether oxygens (including phenoxy) is 2. The van der Waals surface area contributed by atoms with Crippen molar-refractivity contribution < 1.29 is 38.5 Å². The molecule has 1 amide bonds. The molecule has 46 heavy (non-hydrogen) atoms. The van der Waals surface area contributed by atoms with Crippen LogP contribution in [0.2, 0.25) is 0 Å². The minimum atomic E-state index is -1.36. The fourth-order valence-corrected chi connectivity index (χ4v) is 6.84. The van der Waals surface area contributed by atoms with Crippen LogP contribution >= 0.6 is 11.3 Å². The van der Waals surface area contributed by atoms with E-state index in [4.69, 9.17) is 13.9 Å². The summed E-state index contributed by atoms with van der Waals surface area (Å²) in [6.07, 6.45) is 3.14. The Labute approximate surface area is 268 Å². The molecule has 3 heterocycles. The quantitative estimate of drug-likeness (QED) is 0.140. The number of carboxylic acid groups (broad SMARTS) is 2. The minimum Gasteiger partial charge on any atom is -0.481 e. The number of benzene rings is 3. The van der Waals surface area contributed by atoms with E-state index in [9.17, 15) is 24.6 Å². The number of aromatic nitrogens is 1. The minimum absolute atomic E-state index is 0.118. The summed E-state index contributed by atoms with van der Waals surface area (Å²) in [5, 5.41) is 20.1. The van der Waals surface area contributed by atoms with Crippen molar-refractivity contribution in [3.8, 4) is 11.5 Å². The number of allylic oxidation sites excluding steroid dienone is 1. The molecular formula is C35H32N2O8S. The van der Waals surface area contributed by atoms with Crippen LogP contribution in [0.1, 0.15) is 48.4 Å². The number of para-hydroxylation sites is 2. The lowest BCUT2D eigenvalue weighted by Crippen LogP contribution is -2.42. The Balaban J connectivity index is 1.34. The van der Waals surface area contributed by atoms with Gasteiger partial charge in [-0.25, -0.2) is 4.98 Å². The van der Waals surface area contributed by atoms with Crippen molar-refractivity contribution in [1.82, 2.24) is 9.88 Å². The number of rotatable bonds is 13. The summed E-state index contributed by atoms with van der Waals surface area (Å²) >= 11 is 1.56. The van der Waals surface area contributed by atoms with Crippen LogP contribution < -0.4 is 9.47 Å². The van der Waals surface area contributed by atoms with Gasteiger partial charge in [-0.3, -0.25) is 14.4 Å². The van der Waals surface area contributed by atoms with E-state index in [2.05, 4.69) is 4.98 Å². The second-order valence-corrected chi connectivity index (χ2v) is 12.4. The predicted molar refractivity (Wildman–Crippen MR) is 173 cm³/mol.